The van der Waals surface area contributed by atoms with Crippen LogP contribution in [0.25, 0.3) is 21.9 Å². The van der Waals surface area contributed by atoms with Crippen molar-refractivity contribution in [2.75, 3.05) is 38.5 Å². The Labute approximate surface area is 173 Å². The molecule has 1 amide bonds. The van der Waals surface area contributed by atoms with Gasteiger partial charge in [0.25, 0.3) is 0 Å². The summed E-state index contributed by atoms with van der Waals surface area (Å²) in [5.74, 6) is 1.56. The monoisotopic (exact) mass is 406 g/mol. The zero-order valence-corrected chi connectivity index (χ0v) is 16.9. The second kappa shape index (κ2) is 8.24. The maximum Gasteiger partial charge on any atom is 0.243 e. The van der Waals surface area contributed by atoms with Crippen molar-refractivity contribution in [2.24, 2.45) is 0 Å². The number of nitrogens with one attached hydrogen (secondary N) is 2. The number of furan rings is 1. The lowest BCUT2D eigenvalue weighted by molar-refractivity contribution is -0.114. The Kier molecular flexibility index (Phi) is 5.34. The lowest BCUT2D eigenvalue weighted by Crippen LogP contribution is -2.22. The normalized spacial score (nSPS) is 10.8. The molecule has 0 aliphatic carbocycles. The number of methoxy groups -OCH3 is 3. The molecule has 0 fully saturated rings. The molecular weight excluding hydrogens is 384 g/mol. The van der Waals surface area contributed by atoms with E-state index >= 15 is 0 Å². The van der Waals surface area contributed by atoms with Crippen molar-refractivity contribution in [1.82, 2.24) is 0 Å². The second-order valence-electron chi connectivity index (χ2n) is 6.61. The first kappa shape index (κ1) is 19.4. The van der Waals surface area contributed by atoms with Crippen LogP contribution in [0.15, 0.2) is 59.0 Å². The highest BCUT2D eigenvalue weighted by atomic mass is 16.5. The van der Waals surface area contributed by atoms with E-state index in [1.807, 2.05) is 36.4 Å². The van der Waals surface area contributed by atoms with Gasteiger partial charge in [-0.2, -0.15) is 0 Å². The van der Waals surface area contributed by atoms with Gasteiger partial charge in [0.1, 0.15) is 28.4 Å². The highest BCUT2D eigenvalue weighted by Crippen LogP contribution is 2.36. The molecule has 154 valence electrons. The first-order valence-corrected chi connectivity index (χ1v) is 9.38. The molecule has 4 rings (SSSR count). The minimum atomic E-state index is -0.231. The number of anilines is 2. The summed E-state index contributed by atoms with van der Waals surface area (Å²) in [6.07, 6.45) is 0. The number of hydrogen-bond donors (Lipinski definition) is 2. The van der Waals surface area contributed by atoms with Gasteiger partial charge in [-0.25, -0.2) is 0 Å². The van der Waals surface area contributed by atoms with Crippen molar-refractivity contribution in [1.29, 1.82) is 0 Å². The number of carbonyl (C=O) groups is 1. The predicted octanol–water partition coefficient (Wildman–Crippen LogP) is 4.66. The smallest absolute Gasteiger partial charge is 0.243 e. The first-order chi connectivity index (χ1) is 14.6. The Bertz CT molecular complexity index is 1220. The summed E-state index contributed by atoms with van der Waals surface area (Å²) in [4.78, 5) is 12.5. The van der Waals surface area contributed by atoms with Gasteiger partial charge in [-0.15, -0.1) is 0 Å². The fraction of sp³-hybridized carbons (Fsp3) is 0.174. The van der Waals surface area contributed by atoms with Gasteiger partial charge in [-0.1, -0.05) is 18.2 Å². The third kappa shape index (κ3) is 3.69. The molecule has 7 nitrogen and oxygen atoms in total. The van der Waals surface area contributed by atoms with Crippen LogP contribution in [0.2, 0.25) is 0 Å². The molecule has 0 radical (unpaired) electrons. The fourth-order valence-electron chi connectivity index (χ4n) is 3.33. The third-order valence-electron chi connectivity index (χ3n) is 4.82. The molecule has 1 heterocycles. The Morgan fingerprint density at radius 1 is 0.833 bits per heavy atom. The van der Waals surface area contributed by atoms with Crippen LogP contribution in [0.1, 0.15) is 0 Å². The van der Waals surface area contributed by atoms with Gasteiger partial charge in [0, 0.05) is 22.9 Å². The fourth-order valence-corrected chi connectivity index (χ4v) is 3.33. The zero-order valence-electron chi connectivity index (χ0n) is 16.9. The van der Waals surface area contributed by atoms with Gasteiger partial charge in [0.2, 0.25) is 5.91 Å². The van der Waals surface area contributed by atoms with Crippen molar-refractivity contribution in [3.63, 3.8) is 0 Å². The summed E-state index contributed by atoms with van der Waals surface area (Å²) in [7, 11) is 4.70. The van der Waals surface area contributed by atoms with Crippen molar-refractivity contribution in [2.45, 2.75) is 0 Å². The zero-order chi connectivity index (χ0) is 21.1. The summed E-state index contributed by atoms with van der Waals surface area (Å²) in [5, 5.41) is 7.93. The van der Waals surface area contributed by atoms with Crippen molar-refractivity contribution >= 4 is 39.2 Å². The van der Waals surface area contributed by atoms with E-state index in [2.05, 4.69) is 10.6 Å². The average Bonchev–Trinajstić information content (AvgIpc) is 3.14. The van der Waals surface area contributed by atoms with Crippen LogP contribution in [0, 0.1) is 0 Å². The van der Waals surface area contributed by atoms with E-state index < -0.39 is 0 Å². The minimum Gasteiger partial charge on any atom is -0.497 e. The van der Waals surface area contributed by atoms with Gasteiger partial charge < -0.3 is 29.3 Å². The van der Waals surface area contributed by atoms with Crippen LogP contribution in [-0.4, -0.2) is 33.8 Å². The van der Waals surface area contributed by atoms with E-state index in [0.29, 0.717) is 28.6 Å². The van der Waals surface area contributed by atoms with Gasteiger partial charge in [0.15, 0.2) is 0 Å². The first-order valence-electron chi connectivity index (χ1n) is 9.38. The number of rotatable bonds is 7. The van der Waals surface area contributed by atoms with Crippen LogP contribution in [0.4, 0.5) is 11.4 Å². The van der Waals surface area contributed by atoms with Crippen LogP contribution in [0.3, 0.4) is 0 Å². The van der Waals surface area contributed by atoms with Crippen molar-refractivity contribution < 1.29 is 23.4 Å². The van der Waals surface area contributed by atoms with Gasteiger partial charge in [-0.3, -0.25) is 4.79 Å². The van der Waals surface area contributed by atoms with Crippen molar-refractivity contribution in [3.8, 4) is 17.2 Å². The van der Waals surface area contributed by atoms with Crippen LogP contribution < -0.4 is 24.8 Å². The summed E-state index contributed by atoms with van der Waals surface area (Å²) < 4.78 is 21.9. The Morgan fingerprint density at radius 3 is 2.37 bits per heavy atom. The number of fused-ring (bicyclic) bond motifs is 3. The number of amides is 1. The summed E-state index contributed by atoms with van der Waals surface area (Å²) in [6, 6.07) is 16.8. The second-order valence-corrected chi connectivity index (χ2v) is 6.61. The molecule has 0 saturated carbocycles. The molecule has 0 bridgehead atoms. The van der Waals surface area contributed by atoms with E-state index in [-0.39, 0.29) is 12.5 Å². The number of hydrogen-bond acceptors (Lipinski definition) is 6. The lowest BCUT2D eigenvalue weighted by atomic mass is 10.1. The quantitative estimate of drug-likeness (QED) is 0.464. The molecule has 7 heteroatoms. The third-order valence-corrected chi connectivity index (χ3v) is 4.82. The Balaban J connectivity index is 1.53. The predicted molar refractivity (Wildman–Crippen MR) is 117 cm³/mol. The molecule has 3 aromatic carbocycles. The van der Waals surface area contributed by atoms with E-state index in [1.54, 1.807) is 32.4 Å². The highest BCUT2D eigenvalue weighted by Gasteiger charge is 2.14. The maximum atomic E-state index is 12.5. The average molecular weight is 406 g/mol. The molecule has 2 N–H and O–H groups in total. The SMILES string of the molecule is COc1ccc(NC(=O)CNc2cc3oc4ccccc4c3cc2OC)c(OC)c1. The number of benzene rings is 3. The van der Waals surface area contributed by atoms with E-state index in [1.165, 1.54) is 7.11 Å². The van der Waals surface area contributed by atoms with Gasteiger partial charge in [0.05, 0.1) is 39.2 Å². The Morgan fingerprint density at radius 2 is 1.60 bits per heavy atom. The van der Waals surface area contributed by atoms with Crippen LogP contribution in [-0.2, 0) is 4.79 Å². The molecule has 0 atom stereocenters. The minimum absolute atomic E-state index is 0.0390. The Hall–Kier alpha value is -3.87. The van der Waals surface area contributed by atoms with Gasteiger partial charge in [-0.05, 0) is 24.3 Å². The number of para-hydroxylation sites is 1. The molecule has 30 heavy (non-hydrogen) atoms. The topological polar surface area (TPSA) is 82.0 Å². The molecule has 0 saturated heterocycles. The summed E-state index contributed by atoms with van der Waals surface area (Å²) >= 11 is 0. The number of ether oxygens (including phenoxy) is 3. The molecular formula is C23H22N2O5. The molecule has 1 aromatic heterocycles. The van der Waals surface area contributed by atoms with Crippen LogP contribution in [0.5, 0.6) is 17.2 Å². The maximum absolute atomic E-state index is 12.5. The molecule has 0 aliphatic heterocycles. The van der Waals surface area contributed by atoms with E-state index in [4.69, 9.17) is 18.6 Å². The molecule has 0 unspecified atom stereocenters. The van der Waals surface area contributed by atoms with Crippen LogP contribution >= 0.6 is 0 Å². The highest BCUT2D eigenvalue weighted by molar-refractivity contribution is 6.07. The number of carbonyl (C=O) groups excluding carboxylic acids is 1. The largest absolute Gasteiger partial charge is 0.497 e. The van der Waals surface area contributed by atoms with Gasteiger partial charge >= 0.3 is 0 Å². The standard InChI is InChI=1S/C23H22N2O5/c1-27-14-8-9-17(21(10-14)28-2)25-23(26)13-24-18-12-20-16(11-22(18)29-3)15-6-4-5-7-19(15)30-20/h4-12,24H,13H2,1-3H3,(H,25,26). The molecule has 4 aromatic rings. The van der Waals surface area contributed by atoms with Crippen molar-refractivity contribution in [3.05, 3.63) is 54.6 Å². The molecule has 0 aliphatic rings. The summed E-state index contributed by atoms with van der Waals surface area (Å²) in [6.45, 7) is 0.0390. The van der Waals surface area contributed by atoms with E-state index in [9.17, 15) is 4.79 Å². The van der Waals surface area contributed by atoms with E-state index in [0.717, 1.165) is 21.9 Å². The molecule has 0 spiro atoms. The summed E-state index contributed by atoms with van der Waals surface area (Å²) in [5.41, 5.74) is 2.75. The lowest BCUT2D eigenvalue weighted by Gasteiger charge is -2.13.